The Morgan fingerprint density at radius 1 is 1.21 bits per heavy atom. The van der Waals surface area contributed by atoms with E-state index in [0.29, 0.717) is 59.5 Å². The number of carbonyl (C=O) groups excluding carboxylic acids is 2. The number of benzene rings is 1. The van der Waals surface area contributed by atoms with Gasteiger partial charge in [-0.3, -0.25) is 4.79 Å². The highest BCUT2D eigenvalue weighted by molar-refractivity contribution is 7.16. The number of amides is 2. The van der Waals surface area contributed by atoms with Crippen LogP contribution in [0.15, 0.2) is 18.2 Å². The Balaban J connectivity index is 1.77. The predicted octanol–water partition coefficient (Wildman–Crippen LogP) is 3.81. The minimum absolute atomic E-state index is 0.301. The molecule has 174 valence electrons. The summed E-state index contributed by atoms with van der Waals surface area (Å²) < 4.78 is 21.0. The summed E-state index contributed by atoms with van der Waals surface area (Å²) >= 11 is 1.30. The summed E-state index contributed by atoms with van der Waals surface area (Å²) in [6.07, 6.45) is 3.13. The zero-order valence-corrected chi connectivity index (χ0v) is 19.7. The first kappa shape index (κ1) is 23.9. The monoisotopic (exact) mass is 471 g/mol. The van der Waals surface area contributed by atoms with Crippen LogP contribution in [0.4, 0.5) is 9.80 Å². The van der Waals surface area contributed by atoms with E-state index in [9.17, 15) is 14.9 Å². The van der Waals surface area contributed by atoms with Gasteiger partial charge >= 0.3 is 6.09 Å². The molecule has 0 unspecified atom stereocenters. The fourth-order valence-corrected chi connectivity index (χ4v) is 4.72. The molecule has 2 amide bonds. The van der Waals surface area contributed by atoms with Crippen LogP contribution in [0.25, 0.3) is 6.08 Å². The molecule has 1 aromatic carbocycles. The Labute approximate surface area is 196 Å². The SMILES string of the molecule is CCOC(=O)N1CCc2c(sc(NC(=O)/C=C/c3cc(OC)c(OC)c(OC)c3)c2C#N)C1. The second-order valence-electron chi connectivity index (χ2n) is 6.97. The van der Waals surface area contributed by atoms with Crippen molar-refractivity contribution < 1.29 is 28.5 Å². The molecule has 2 aromatic rings. The van der Waals surface area contributed by atoms with Gasteiger partial charge in [0.15, 0.2) is 11.5 Å². The van der Waals surface area contributed by atoms with E-state index >= 15 is 0 Å². The van der Waals surface area contributed by atoms with Gasteiger partial charge in [-0.05, 0) is 42.7 Å². The van der Waals surface area contributed by atoms with Crippen LogP contribution in [0, 0.1) is 11.3 Å². The number of nitriles is 1. The quantitative estimate of drug-likeness (QED) is 0.612. The fraction of sp³-hybridized carbons (Fsp3) is 0.348. The smallest absolute Gasteiger partial charge is 0.410 e. The number of nitrogens with one attached hydrogen (secondary N) is 1. The van der Waals surface area contributed by atoms with Crippen LogP contribution in [0.3, 0.4) is 0 Å². The topological polar surface area (TPSA) is 110 Å². The van der Waals surface area contributed by atoms with E-state index in [1.54, 1.807) is 30.0 Å². The minimum Gasteiger partial charge on any atom is -0.493 e. The number of nitrogens with zero attached hydrogens (tertiary/aromatic N) is 2. The molecule has 0 fully saturated rings. The summed E-state index contributed by atoms with van der Waals surface area (Å²) in [5.74, 6) is 1.02. The number of hydrogen-bond acceptors (Lipinski definition) is 8. The molecule has 0 radical (unpaired) electrons. The Kier molecular flexibility index (Phi) is 7.79. The summed E-state index contributed by atoms with van der Waals surface area (Å²) in [7, 11) is 4.55. The van der Waals surface area contributed by atoms with E-state index in [0.717, 1.165) is 10.4 Å². The first-order chi connectivity index (χ1) is 15.9. The second kappa shape index (κ2) is 10.7. The molecule has 33 heavy (non-hydrogen) atoms. The first-order valence-electron chi connectivity index (χ1n) is 10.2. The normalized spacial score (nSPS) is 12.6. The van der Waals surface area contributed by atoms with Crippen LogP contribution >= 0.6 is 11.3 Å². The number of carbonyl (C=O) groups is 2. The van der Waals surface area contributed by atoms with Crippen molar-refractivity contribution in [1.82, 2.24) is 4.90 Å². The van der Waals surface area contributed by atoms with Gasteiger partial charge in [-0.25, -0.2) is 4.79 Å². The first-order valence-corrected chi connectivity index (χ1v) is 11.0. The lowest BCUT2D eigenvalue weighted by atomic mass is 10.0. The third-order valence-corrected chi connectivity index (χ3v) is 6.18. The third-order valence-electron chi connectivity index (χ3n) is 5.05. The minimum atomic E-state index is -0.388. The number of hydrogen-bond donors (Lipinski definition) is 1. The molecule has 1 aliphatic heterocycles. The van der Waals surface area contributed by atoms with Gasteiger partial charge in [-0.1, -0.05) is 0 Å². The number of rotatable bonds is 7. The van der Waals surface area contributed by atoms with Crippen LogP contribution in [0.2, 0.25) is 0 Å². The number of ether oxygens (including phenoxy) is 4. The molecule has 1 N–H and O–H groups in total. The molecule has 9 nitrogen and oxygen atoms in total. The molecule has 0 atom stereocenters. The molecule has 0 saturated heterocycles. The van der Waals surface area contributed by atoms with Crippen molar-refractivity contribution in [3.05, 3.63) is 39.8 Å². The molecule has 0 saturated carbocycles. The van der Waals surface area contributed by atoms with Gasteiger partial charge in [-0.2, -0.15) is 5.26 Å². The van der Waals surface area contributed by atoms with E-state index in [1.165, 1.54) is 38.7 Å². The molecule has 2 heterocycles. The summed E-state index contributed by atoms with van der Waals surface area (Å²) in [5, 5.41) is 12.9. The largest absolute Gasteiger partial charge is 0.493 e. The average Bonchev–Trinajstić information content (AvgIpc) is 3.17. The van der Waals surface area contributed by atoms with Crippen molar-refractivity contribution in [3.8, 4) is 23.3 Å². The number of anilines is 1. The van der Waals surface area contributed by atoms with E-state index in [2.05, 4.69) is 11.4 Å². The Morgan fingerprint density at radius 2 is 1.91 bits per heavy atom. The summed E-state index contributed by atoms with van der Waals surface area (Å²) in [6.45, 7) is 2.87. The Morgan fingerprint density at radius 3 is 2.48 bits per heavy atom. The highest BCUT2D eigenvalue weighted by atomic mass is 32.1. The van der Waals surface area contributed by atoms with E-state index in [-0.39, 0.29) is 12.0 Å². The molecular weight excluding hydrogens is 446 g/mol. The molecule has 0 bridgehead atoms. The molecular formula is C23H25N3O6S. The van der Waals surface area contributed by atoms with Crippen molar-refractivity contribution in [3.63, 3.8) is 0 Å². The van der Waals surface area contributed by atoms with Gasteiger partial charge in [0.05, 0.1) is 40.0 Å². The predicted molar refractivity (Wildman–Crippen MR) is 124 cm³/mol. The van der Waals surface area contributed by atoms with Crippen molar-refractivity contribution in [2.75, 3.05) is 39.8 Å². The van der Waals surface area contributed by atoms with Gasteiger partial charge in [0, 0.05) is 17.5 Å². The van der Waals surface area contributed by atoms with E-state index < -0.39 is 0 Å². The second-order valence-corrected chi connectivity index (χ2v) is 8.08. The maximum absolute atomic E-state index is 12.6. The Hall–Kier alpha value is -3.71. The molecule has 0 aliphatic carbocycles. The fourth-order valence-electron chi connectivity index (χ4n) is 3.50. The molecule has 1 aromatic heterocycles. The summed E-state index contributed by atoms with van der Waals surface area (Å²) in [4.78, 5) is 27.1. The van der Waals surface area contributed by atoms with Gasteiger partial charge in [0.25, 0.3) is 0 Å². The molecule has 10 heteroatoms. The lowest BCUT2D eigenvalue weighted by Crippen LogP contribution is -2.35. The van der Waals surface area contributed by atoms with Crippen molar-refractivity contribution >= 4 is 34.4 Å². The van der Waals surface area contributed by atoms with Gasteiger partial charge in [0.1, 0.15) is 11.1 Å². The Bertz CT molecular complexity index is 1090. The van der Waals surface area contributed by atoms with E-state index in [4.69, 9.17) is 18.9 Å². The zero-order valence-electron chi connectivity index (χ0n) is 18.9. The van der Waals surface area contributed by atoms with Crippen LogP contribution in [-0.2, 0) is 22.5 Å². The van der Waals surface area contributed by atoms with E-state index in [1.807, 2.05) is 0 Å². The van der Waals surface area contributed by atoms with Crippen LogP contribution < -0.4 is 19.5 Å². The van der Waals surface area contributed by atoms with Gasteiger partial charge < -0.3 is 29.2 Å². The number of methoxy groups -OCH3 is 3. The van der Waals surface area contributed by atoms with Crippen molar-refractivity contribution in [2.24, 2.45) is 0 Å². The zero-order chi connectivity index (χ0) is 24.0. The number of fused-ring (bicyclic) bond motifs is 1. The highest BCUT2D eigenvalue weighted by Gasteiger charge is 2.28. The average molecular weight is 472 g/mol. The lowest BCUT2D eigenvalue weighted by molar-refractivity contribution is -0.111. The number of thiophene rings is 1. The third kappa shape index (κ3) is 5.21. The summed E-state index contributed by atoms with van der Waals surface area (Å²) in [5.41, 5.74) is 1.98. The van der Waals surface area contributed by atoms with Crippen LogP contribution in [-0.4, -0.2) is 51.4 Å². The van der Waals surface area contributed by atoms with Gasteiger partial charge in [0.2, 0.25) is 11.7 Å². The summed E-state index contributed by atoms with van der Waals surface area (Å²) in [6, 6.07) is 5.63. The maximum atomic E-state index is 12.6. The molecule has 3 rings (SSSR count). The van der Waals surface area contributed by atoms with Crippen LogP contribution in [0.1, 0.15) is 28.5 Å². The van der Waals surface area contributed by atoms with Crippen molar-refractivity contribution in [1.29, 1.82) is 5.26 Å². The molecule has 0 spiro atoms. The highest BCUT2D eigenvalue weighted by Crippen LogP contribution is 2.39. The van der Waals surface area contributed by atoms with Gasteiger partial charge in [-0.15, -0.1) is 11.3 Å². The maximum Gasteiger partial charge on any atom is 0.410 e. The molecule has 1 aliphatic rings. The standard InChI is InChI=1S/C23H25N3O6S/c1-5-32-23(28)26-9-8-15-16(12-24)22(33-19(15)13-26)25-20(27)7-6-14-10-17(29-2)21(31-4)18(11-14)30-3/h6-7,10-11H,5,8-9,13H2,1-4H3,(H,25,27)/b7-6+. The lowest BCUT2D eigenvalue weighted by Gasteiger charge is -2.25. The van der Waals surface area contributed by atoms with Crippen molar-refractivity contribution in [2.45, 2.75) is 19.9 Å². The van der Waals surface area contributed by atoms with Crippen LogP contribution in [0.5, 0.6) is 17.2 Å².